The van der Waals surface area contributed by atoms with E-state index in [1.165, 1.54) is 12.8 Å². The number of aldehydes is 2. The minimum Gasteiger partial charge on any atom is -0.493 e. The second-order valence-corrected chi connectivity index (χ2v) is 38.2. The van der Waals surface area contributed by atoms with Crippen molar-refractivity contribution in [2.24, 2.45) is 83.2 Å². The SMILES string of the molecule is CC(C)(C)CC(C(=O)NCCOCCNC(=O)C(C(C)(C)C)C(C)(C)C)C(C)(C)C.CC(C)(C)CC(CNCCOCCNCC(CC(C)(C)C)C(C)(C)C)C(C)(C)C.CC(C)(C)CC(COCCOCCOc1ccc(C=O)cc1)(COc1ccc(C=O)cc1)C(C)(C)C. The molecule has 0 bridgehead atoms. The van der Waals surface area contributed by atoms with Crippen LogP contribution < -0.4 is 30.7 Å². The zero-order chi connectivity index (χ0) is 73.6. The Labute approximate surface area is 583 Å². The Morgan fingerprint density at radius 1 is 0.379 bits per heavy atom. The van der Waals surface area contributed by atoms with Crippen molar-refractivity contribution in [3.63, 3.8) is 0 Å². The first kappa shape index (κ1) is 91.1. The van der Waals surface area contributed by atoms with Crippen molar-refractivity contribution in [2.45, 2.75) is 233 Å². The lowest BCUT2D eigenvalue weighted by atomic mass is 9.61. The number of ether oxygens (including phenoxy) is 6. The number of hydrogen-bond acceptors (Lipinski definition) is 12. The summed E-state index contributed by atoms with van der Waals surface area (Å²) in [4.78, 5) is 47.0. The van der Waals surface area contributed by atoms with Crippen LogP contribution in [-0.2, 0) is 28.5 Å². The lowest BCUT2D eigenvalue weighted by Gasteiger charge is -2.47. The minimum absolute atomic E-state index is 0.0384. The Morgan fingerprint density at radius 2 is 0.737 bits per heavy atom. The average molecular weight is 1340 g/mol. The van der Waals surface area contributed by atoms with Crippen molar-refractivity contribution < 1.29 is 47.6 Å². The summed E-state index contributed by atoms with van der Waals surface area (Å²) < 4.78 is 35.2. The topological polar surface area (TPSA) is 172 Å². The zero-order valence-electron chi connectivity index (χ0n) is 66.8. The van der Waals surface area contributed by atoms with E-state index in [4.69, 9.17) is 28.4 Å². The third kappa shape index (κ3) is 42.6. The van der Waals surface area contributed by atoms with Gasteiger partial charge in [0.15, 0.2) is 0 Å². The van der Waals surface area contributed by atoms with Gasteiger partial charge in [-0.3, -0.25) is 19.2 Å². The fourth-order valence-corrected chi connectivity index (χ4v) is 12.2. The third-order valence-corrected chi connectivity index (χ3v) is 17.3. The van der Waals surface area contributed by atoms with E-state index < -0.39 is 0 Å². The molecule has 4 atom stereocenters. The summed E-state index contributed by atoms with van der Waals surface area (Å²) >= 11 is 0. The van der Waals surface area contributed by atoms with E-state index in [1.807, 2.05) is 12.1 Å². The number of hydrogen-bond donors (Lipinski definition) is 4. The summed E-state index contributed by atoms with van der Waals surface area (Å²) in [6.07, 6.45) is 5.90. The molecule has 0 aliphatic rings. The van der Waals surface area contributed by atoms with Crippen LogP contribution >= 0.6 is 0 Å². The Bertz CT molecular complexity index is 2350. The first-order valence-corrected chi connectivity index (χ1v) is 35.8. The van der Waals surface area contributed by atoms with Crippen LogP contribution in [0.5, 0.6) is 11.5 Å². The molecule has 0 aliphatic carbocycles. The molecule has 0 aliphatic heterocycles. The number of carbonyl (C=O) groups is 4. The summed E-state index contributed by atoms with van der Waals surface area (Å²) in [5.74, 6) is 2.85. The molecule has 4 unspecified atom stereocenters. The van der Waals surface area contributed by atoms with Gasteiger partial charge < -0.3 is 49.7 Å². The van der Waals surface area contributed by atoms with Crippen LogP contribution in [0.3, 0.4) is 0 Å². The van der Waals surface area contributed by atoms with Crippen LogP contribution in [0.4, 0.5) is 0 Å². The van der Waals surface area contributed by atoms with Gasteiger partial charge in [0.25, 0.3) is 0 Å². The predicted octanol–water partition coefficient (Wildman–Crippen LogP) is 17.7. The van der Waals surface area contributed by atoms with E-state index in [2.05, 4.69) is 229 Å². The molecule has 0 fully saturated rings. The number of amides is 2. The fourth-order valence-electron chi connectivity index (χ4n) is 12.2. The molecule has 0 heterocycles. The Kier molecular flexibility index (Phi) is 39.3. The van der Waals surface area contributed by atoms with E-state index >= 15 is 0 Å². The summed E-state index contributed by atoms with van der Waals surface area (Å²) in [5.41, 5.74) is 2.25. The summed E-state index contributed by atoms with van der Waals surface area (Å²) in [7, 11) is 0. The van der Waals surface area contributed by atoms with Gasteiger partial charge in [-0.1, -0.05) is 208 Å². The molecule has 2 rings (SSSR count). The molecule has 95 heavy (non-hydrogen) atoms. The van der Waals surface area contributed by atoms with Gasteiger partial charge >= 0.3 is 0 Å². The lowest BCUT2D eigenvalue weighted by molar-refractivity contribution is -0.133. The Balaban J connectivity index is 0.00000141. The van der Waals surface area contributed by atoms with E-state index in [9.17, 15) is 19.2 Å². The molecular formula is C81H148N4O10. The number of benzene rings is 2. The standard InChI is InChI=1S/C30H42O6.C26H56N2O.C25H50N2O3/c1-28(2,3)21-30(29(4,5)6,23-36-27-13-9-25(20-32)10-14-27)22-34-16-15-33-17-18-35-26-11-7-24(19-31)8-12-26;1-23(2,3)17-21(25(7,8)9)19-27-13-15-29-16-14-28-20-22(26(10,11)12)18-24(4,5)6;1-22(2,3)17-18(23(4,5)6)20(28)26-13-15-30-16-14-27-21(29)19(24(7,8)9)25(10,11)12/h7-14,19-20H,15-18,21-23H2,1-6H3;21-22,27-28H,13-20H2,1-12H3;18-19H,13-17H2,1-12H3,(H,26,28)(H,27,29). The van der Waals surface area contributed by atoms with Gasteiger partial charge in [0.05, 0.1) is 59.5 Å². The quantitative estimate of drug-likeness (QED) is 0.0376. The van der Waals surface area contributed by atoms with Gasteiger partial charge in [-0.05, 0) is 153 Å². The summed E-state index contributed by atoms with van der Waals surface area (Å²) in [6.45, 7) is 77.4. The third-order valence-electron chi connectivity index (χ3n) is 17.3. The normalized spacial score (nSPS) is 14.7. The van der Waals surface area contributed by atoms with Gasteiger partial charge in [0.2, 0.25) is 11.8 Å². The maximum atomic E-state index is 12.7. The molecule has 552 valence electrons. The number of carbonyl (C=O) groups excluding carboxylic acids is 4. The molecule has 2 amide bonds. The average Bonchev–Trinajstić information content (AvgIpc) is 0.796. The van der Waals surface area contributed by atoms with E-state index in [0.717, 1.165) is 70.6 Å². The monoisotopic (exact) mass is 1340 g/mol. The summed E-state index contributed by atoms with van der Waals surface area (Å²) in [6, 6.07) is 14.2. The number of rotatable bonds is 36. The molecular weight excluding hydrogens is 1190 g/mol. The smallest absolute Gasteiger partial charge is 0.224 e. The Hall–Kier alpha value is -3.92. The molecule has 0 spiro atoms. The van der Waals surface area contributed by atoms with E-state index in [1.54, 1.807) is 36.4 Å². The maximum Gasteiger partial charge on any atom is 0.224 e. The highest BCUT2D eigenvalue weighted by atomic mass is 16.5. The van der Waals surface area contributed by atoms with Gasteiger partial charge in [0, 0.05) is 54.6 Å². The molecule has 0 radical (unpaired) electrons. The molecule has 4 N–H and O–H groups in total. The van der Waals surface area contributed by atoms with Crippen LogP contribution in [0.2, 0.25) is 0 Å². The van der Waals surface area contributed by atoms with Crippen molar-refractivity contribution in [1.29, 1.82) is 0 Å². The second-order valence-electron chi connectivity index (χ2n) is 38.2. The van der Waals surface area contributed by atoms with Crippen molar-refractivity contribution in [3.8, 4) is 11.5 Å². The fraction of sp³-hybridized carbons (Fsp3) is 0.802. The van der Waals surface area contributed by atoms with Crippen molar-refractivity contribution >= 4 is 24.4 Å². The summed E-state index contributed by atoms with van der Waals surface area (Å²) in [5, 5.41) is 13.3. The molecule has 2 aromatic rings. The zero-order valence-corrected chi connectivity index (χ0v) is 66.8. The van der Waals surface area contributed by atoms with Gasteiger partial charge in [-0.15, -0.1) is 0 Å². The first-order valence-electron chi connectivity index (χ1n) is 35.8. The maximum absolute atomic E-state index is 12.7. The Morgan fingerprint density at radius 3 is 1.08 bits per heavy atom. The molecule has 14 heteroatoms. The van der Waals surface area contributed by atoms with E-state index in [0.29, 0.717) is 116 Å². The molecule has 0 saturated carbocycles. The van der Waals surface area contributed by atoms with Gasteiger partial charge in [0.1, 0.15) is 30.7 Å². The van der Waals surface area contributed by atoms with Crippen LogP contribution in [0.25, 0.3) is 0 Å². The number of nitrogens with one attached hydrogen (secondary N) is 4. The van der Waals surface area contributed by atoms with Crippen LogP contribution in [0, 0.1) is 83.2 Å². The second kappa shape index (κ2) is 41.0. The highest BCUT2D eigenvalue weighted by molar-refractivity contribution is 5.80. The first-order chi connectivity index (χ1) is 43.2. The molecule has 0 saturated heterocycles. The van der Waals surface area contributed by atoms with Crippen LogP contribution in [-0.4, -0.2) is 130 Å². The molecule has 2 aromatic carbocycles. The predicted molar refractivity (Wildman–Crippen MR) is 399 cm³/mol. The van der Waals surface area contributed by atoms with Gasteiger partial charge in [-0.25, -0.2) is 0 Å². The van der Waals surface area contributed by atoms with E-state index in [-0.39, 0.29) is 61.6 Å². The van der Waals surface area contributed by atoms with Gasteiger partial charge in [-0.2, -0.15) is 0 Å². The van der Waals surface area contributed by atoms with Crippen molar-refractivity contribution in [2.75, 3.05) is 105 Å². The molecule has 0 aromatic heterocycles. The lowest BCUT2D eigenvalue weighted by Crippen LogP contribution is -2.47. The van der Waals surface area contributed by atoms with Crippen molar-refractivity contribution in [3.05, 3.63) is 59.7 Å². The van der Waals surface area contributed by atoms with Crippen LogP contribution in [0.1, 0.15) is 254 Å². The molecule has 14 nitrogen and oxygen atoms in total. The highest BCUT2D eigenvalue weighted by Crippen LogP contribution is 2.48. The van der Waals surface area contributed by atoms with Crippen molar-refractivity contribution in [1.82, 2.24) is 21.3 Å². The minimum atomic E-state index is -0.231. The highest BCUT2D eigenvalue weighted by Gasteiger charge is 2.46. The largest absolute Gasteiger partial charge is 0.493 e. The van der Waals surface area contributed by atoms with Crippen LogP contribution in [0.15, 0.2) is 48.5 Å².